The highest BCUT2D eigenvalue weighted by atomic mass is 16.5. The van der Waals surface area contributed by atoms with Crippen LogP contribution in [0.4, 0.5) is 0 Å². The van der Waals surface area contributed by atoms with E-state index in [1.165, 1.54) is 0 Å². The quantitative estimate of drug-likeness (QED) is 0.543. The highest BCUT2D eigenvalue weighted by Crippen LogP contribution is 2.17. The third-order valence-corrected chi connectivity index (χ3v) is 2.37. The Morgan fingerprint density at radius 2 is 2.36 bits per heavy atom. The molecule has 1 N–H and O–H groups in total. The van der Waals surface area contributed by atoms with Gasteiger partial charge in [-0.15, -0.1) is 0 Å². The van der Waals surface area contributed by atoms with E-state index in [1.807, 2.05) is 0 Å². The summed E-state index contributed by atoms with van der Waals surface area (Å²) in [6.07, 6.45) is 1.81. The molecule has 0 unspecified atom stereocenters. The molecule has 2 fully saturated rings. The van der Waals surface area contributed by atoms with Crippen LogP contribution < -0.4 is 5.32 Å². The molecule has 0 aromatic heterocycles. The molecular formula is C8H15NO2. The summed E-state index contributed by atoms with van der Waals surface area (Å²) in [6, 6.07) is 0.444. The predicted molar refractivity (Wildman–Crippen MR) is 41.6 cm³/mol. The lowest BCUT2D eigenvalue weighted by atomic mass is 10.0. The summed E-state index contributed by atoms with van der Waals surface area (Å²) in [4.78, 5) is 0. The van der Waals surface area contributed by atoms with Gasteiger partial charge in [0, 0.05) is 13.2 Å². The third kappa shape index (κ3) is 1.55. The minimum Gasteiger partial charge on any atom is -0.380 e. The summed E-state index contributed by atoms with van der Waals surface area (Å²) in [5.41, 5.74) is 0. The number of nitrogens with one attached hydrogen (secondary N) is 1. The topological polar surface area (TPSA) is 30.5 Å². The molecule has 2 aliphatic rings. The zero-order valence-corrected chi connectivity index (χ0v) is 6.88. The van der Waals surface area contributed by atoms with E-state index < -0.39 is 0 Å². The first-order valence-electron chi connectivity index (χ1n) is 4.33. The fourth-order valence-electron chi connectivity index (χ4n) is 1.74. The second kappa shape index (κ2) is 3.09. The molecule has 2 aliphatic heterocycles. The van der Waals surface area contributed by atoms with Crippen LogP contribution in [-0.4, -0.2) is 38.0 Å². The minimum absolute atomic E-state index is 0.370. The average molecular weight is 157 g/mol. The number of fused-ring (bicyclic) bond motifs is 1. The number of rotatable bonds is 0. The molecule has 11 heavy (non-hydrogen) atoms. The van der Waals surface area contributed by atoms with Crippen molar-refractivity contribution >= 4 is 0 Å². The molecule has 0 aromatic rings. The summed E-state index contributed by atoms with van der Waals surface area (Å²) in [5, 5.41) is 3.42. The monoisotopic (exact) mass is 157 g/mol. The van der Waals surface area contributed by atoms with Crippen molar-refractivity contribution in [1.29, 1.82) is 0 Å². The fourth-order valence-corrected chi connectivity index (χ4v) is 1.74. The molecule has 3 heteroatoms. The van der Waals surface area contributed by atoms with Crippen LogP contribution in [0.2, 0.25) is 0 Å². The molecule has 3 nitrogen and oxygen atoms in total. The second-order valence-electron chi connectivity index (χ2n) is 3.36. The third-order valence-electron chi connectivity index (χ3n) is 2.37. The molecule has 0 aliphatic carbocycles. The van der Waals surface area contributed by atoms with E-state index in [4.69, 9.17) is 9.47 Å². The number of ether oxygens (including phenoxy) is 2. The van der Waals surface area contributed by atoms with Gasteiger partial charge in [0.05, 0.1) is 24.9 Å². The van der Waals surface area contributed by atoms with Crippen molar-refractivity contribution in [1.82, 2.24) is 5.32 Å². The Hall–Kier alpha value is -0.120. The minimum atomic E-state index is 0.370. The highest BCUT2D eigenvalue weighted by Gasteiger charge is 2.31. The molecule has 64 valence electrons. The van der Waals surface area contributed by atoms with Crippen LogP contribution in [0, 0.1) is 0 Å². The van der Waals surface area contributed by atoms with Crippen molar-refractivity contribution in [3.05, 3.63) is 0 Å². The Kier molecular flexibility index (Phi) is 2.11. The summed E-state index contributed by atoms with van der Waals surface area (Å²) in [7, 11) is 0. The Morgan fingerprint density at radius 1 is 1.45 bits per heavy atom. The average Bonchev–Trinajstić information content (AvgIpc) is 2.04. The van der Waals surface area contributed by atoms with Crippen molar-refractivity contribution in [3.8, 4) is 0 Å². The van der Waals surface area contributed by atoms with Gasteiger partial charge in [0.25, 0.3) is 0 Å². The lowest BCUT2D eigenvalue weighted by molar-refractivity contribution is -0.109. The lowest BCUT2D eigenvalue weighted by Crippen LogP contribution is -2.56. The van der Waals surface area contributed by atoms with Gasteiger partial charge in [-0.25, -0.2) is 0 Å². The molecule has 2 heterocycles. The number of hydrogen-bond donors (Lipinski definition) is 1. The van der Waals surface area contributed by atoms with Crippen LogP contribution in [-0.2, 0) is 9.47 Å². The van der Waals surface area contributed by atoms with Crippen LogP contribution in [0.25, 0.3) is 0 Å². The molecule has 3 atom stereocenters. The van der Waals surface area contributed by atoms with E-state index in [0.717, 1.165) is 26.2 Å². The second-order valence-corrected chi connectivity index (χ2v) is 3.36. The van der Waals surface area contributed by atoms with Gasteiger partial charge < -0.3 is 14.8 Å². The van der Waals surface area contributed by atoms with Crippen molar-refractivity contribution in [2.24, 2.45) is 0 Å². The fraction of sp³-hybridized carbons (Fsp3) is 1.00. The van der Waals surface area contributed by atoms with Crippen molar-refractivity contribution in [3.63, 3.8) is 0 Å². The van der Waals surface area contributed by atoms with Gasteiger partial charge in [-0.1, -0.05) is 0 Å². The Morgan fingerprint density at radius 3 is 3.27 bits per heavy atom. The van der Waals surface area contributed by atoms with Crippen molar-refractivity contribution < 1.29 is 9.47 Å². The Bertz CT molecular complexity index is 140. The van der Waals surface area contributed by atoms with Crippen LogP contribution >= 0.6 is 0 Å². The summed E-state index contributed by atoms with van der Waals surface area (Å²) in [6.45, 7) is 4.75. The number of morpholine rings is 1. The van der Waals surface area contributed by atoms with Gasteiger partial charge in [-0.3, -0.25) is 0 Å². The first-order chi connectivity index (χ1) is 5.36. The lowest BCUT2D eigenvalue weighted by Gasteiger charge is -2.38. The molecule has 0 radical (unpaired) electrons. The summed E-state index contributed by atoms with van der Waals surface area (Å²) < 4.78 is 11.1. The molecule has 0 aromatic carbocycles. The zero-order valence-electron chi connectivity index (χ0n) is 6.88. The highest BCUT2D eigenvalue weighted by molar-refractivity contribution is 4.85. The van der Waals surface area contributed by atoms with E-state index in [9.17, 15) is 0 Å². The smallest absolute Gasteiger partial charge is 0.0776 e. The van der Waals surface area contributed by atoms with Crippen molar-refractivity contribution in [2.45, 2.75) is 31.6 Å². The SMILES string of the molecule is C[C@@H]1CN[C@@H]2COCC[C@H]2O1. The summed E-state index contributed by atoms with van der Waals surface area (Å²) in [5.74, 6) is 0. The van der Waals surface area contributed by atoms with Crippen LogP contribution in [0.15, 0.2) is 0 Å². The largest absolute Gasteiger partial charge is 0.380 e. The molecule has 0 amide bonds. The molecule has 0 saturated carbocycles. The van der Waals surface area contributed by atoms with Crippen LogP contribution in [0.1, 0.15) is 13.3 Å². The Labute approximate surface area is 67.1 Å². The molecule has 2 saturated heterocycles. The first kappa shape index (κ1) is 7.53. The van der Waals surface area contributed by atoms with E-state index in [2.05, 4.69) is 12.2 Å². The first-order valence-corrected chi connectivity index (χ1v) is 4.33. The van der Waals surface area contributed by atoms with Gasteiger partial charge >= 0.3 is 0 Å². The molecule has 0 spiro atoms. The van der Waals surface area contributed by atoms with E-state index in [0.29, 0.717) is 18.2 Å². The van der Waals surface area contributed by atoms with Gasteiger partial charge in [0.2, 0.25) is 0 Å². The van der Waals surface area contributed by atoms with Gasteiger partial charge in [-0.2, -0.15) is 0 Å². The maximum absolute atomic E-state index is 5.75. The van der Waals surface area contributed by atoms with E-state index in [-0.39, 0.29) is 0 Å². The summed E-state index contributed by atoms with van der Waals surface area (Å²) >= 11 is 0. The van der Waals surface area contributed by atoms with Gasteiger partial charge in [0.15, 0.2) is 0 Å². The standard InChI is InChI=1S/C8H15NO2/c1-6-4-9-7-5-10-3-2-8(7)11-6/h6-9H,2-5H2,1H3/t6-,7-,8-/m1/s1. The van der Waals surface area contributed by atoms with Crippen LogP contribution in [0.5, 0.6) is 0 Å². The van der Waals surface area contributed by atoms with Gasteiger partial charge in [0.1, 0.15) is 0 Å². The predicted octanol–water partition coefficient (Wildman–Crippen LogP) is 0.152. The zero-order chi connectivity index (χ0) is 7.68. The number of hydrogen-bond acceptors (Lipinski definition) is 3. The van der Waals surface area contributed by atoms with E-state index >= 15 is 0 Å². The molecule has 0 bridgehead atoms. The molecule has 2 rings (SSSR count). The van der Waals surface area contributed by atoms with E-state index in [1.54, 1.807) is 0 Å². The van der Waals surface area contributed by atoms with Gasteiger partial charge in [-0.05, 0) is 13.3 Å². The van der Waals surface area contributed by atoms with Crippen molar-refractivity contribution in [2.75, 3.05) is 19.8 Å². The molecular weight excluding hydrogens is 142 g/mol. The normalized spacial score (nSPS) is 45.0. The maximum atomic E-state index is 5.75. The Balaban J connectivity index is 1.93. The maximum Gasteiger partial charge on any atom is 0.0776 e. The van der Waals surface area contributed by atoms with Crippen LogP contribution in [0.3, 0.4) is 0 Å².